The Labute approximate surface area is 139 Å². The summed E-state index contributed by atoms with van der Waals surface area (Å²) in [5, 5.41) is 19.3. The summed E-state index contributed by atoms with van der Waals surface area (Å²) in [6, 6.07) is 11.7. The second-order valence-corrected chi connectivity index (χ2v) is 5.32. The predicted octanol–water partition coefficient (Wildman–Crippen LogP) is 2.41. The third-order valence-electron chi connectivity index (χ3n) is 3.65. The van der Waals surface area contributed by atoms with E-state index in [1.54, 1.807) is 42.5 Å². The van der Waals surface area contributed by atoms with Crippen LogP contribution in [0, 0.1) is 5.41 Å². The fraction of sp³-hybridized carbons (Fsp3) is 0.167. The van der Waals surface area contributed by atoms with Gasteiger partial charge in [-0.05, 0) is 35.7 Å². The number of amides is 1. The van der Waals surface area contributed by atoms with E-state index >= 15 is 0 Å². The highest BCUT2D eigenvalue weighted by molar-refractivity contribution is 6.06. The highest BCUT2D eigenvalue weighted by atomic mass is 16.4. The van der Waals surface area contributed by atoms with E-state index in [1.165, 1.54) is 0 Å². The van der Waals surface area contributed by atoms with Crippen molar-refractivity contribution < 1.29 is 14.7 Å². The van der Waals surface area contributed by atoms with Crippen LogP contribution in [0.4, 0.5) is 5.69 Å². The minimum Gasteiger partial charge on any atom is -0.481 e. The number of nitrogens with one attached hydrogen (secondary N) is 2. The minimum atomic E-state index is -0.915. The Morgan fingerprint density at radius 3 is 2.46 bits per heavy atom. The van der Waals surface area contributed by atoms with E-state index in [0.717, 1.165) is 5.56 Å². The first-order valence-electron chi connectivity index (χ1n) is 7.50. The van der Waals surface area contributed by atoms with E-state index < -0.39 is 5.97 Å². The van der Waals surface area contributed by atoms with Crippen molar-refractivity contribution in [1.82, 2.24) is 0 Å². The number of aliphatic carboxylic acids is 1. The first-order valence-corrected chi connectivity index (χ1v) is 7.50. The monoisotopic (exact) mass is 325 g/mol. The summed E-state index contributed by atoms with van der Waals surface area (Å²) < 4.78 is 0. The number of hydrogen-bond donors (Lipinski definition) is 4. The molecule has 0 unspecified atom stereocenters. The van der Waals surface area contributed by atoms with Crippen molar-refractivity contribution in [2.24, 2.45) is 5.73 Å². The second kappa shape index (κ2) is 7.41. The second-order valence-electron chi connectivity index (χ2n) is 5.32. The van der Waals surface area contributed by atoms with Crippen molar-refractivity contribution in [2.45, 2.75) is 19.8 Å². The molecule has 6 heteroatoms. The van der Waals surface area contributed by atoms with Crippen LogP contribution in [0.2, 0.25) is 0 Å². The summed E-state index contributed by atoms with van der Waals surface area (Å²) in [5.41, 5.74) is 8.37. The van der Waals surface area contributed by atoms with Gasteiger partial charge in [-0.1, -0.05) is 31.2 Å². The molecule has 0 bridgehead atoms. The molecule has 0 aliphatic carbocycles. The van der Waals surface area contributed by atoms with E-state index in [2.05, 4.69) is 5.32 Å². The third-order valence-corrected chi connectivity index (χ3v) is 3.65. The number of hydrogen-bond acceptors (Lipinski definition) is 3. The lowest BCUT2D eigenvalue weighted by molar-refractivity contribution is -0.136. The summed E-state index contributed by atoms with van der Waals surface area (Å²) in [6.45, 7) is 1.91. The summed E-state index contributed by atoms with van der Waals surface area (Å²) in [4.78, 5) is 23.4. The number of rotatable bonds is 6. The molecule has 2 rings (SSSR count). The molecular formula is C18H19N3O3. The molecule has 24 heavy (non-hydrogen) atoms. The standard InChI is InChI=1S/C18H19N3O3/c1-2-14-11(10-16(22)23)5-4-8-15(14)21-18(24)13-7-3-6-12(9-13)17(19)20/h3-9H,2,10H2,1H3,(H3,19,20)(H,21,24)(H,22,23). The topological polar surface area (TPSA) is 116 Å². The van der Waals surface area contributed by atoms with Gasteiger partial charge in [0.15, 0.2) is 0 Å². The molecule has 2 aromatic rings. The molecule has 124 valence electrons. The number of carbonyl (C=O) groups is 2. The number of amidine groups is 1. The lowest BCUT2D eigenvalue weighted by Crippen LogP contribution is -2.16. The largest absolute Gasteiger partial charge is 0.481 e. The molecular weight excluding hydrogens is 306 g/mol. The van der Waals surface area contributed by atoms with Gasteiger partial charge in [-0.25, -0.2) is 0 Å². The van der Waals surface area contributed by atoms with Crippen LogP contribution < -0.4 is 11.1 Å². The van der Waals surface area contributed by atoms with Crippen molar-refractivity contribution in [3.05, 3.63) is 64.7 Å². The van der Waals surface area contributed by atoms with Crippen molar-refractivity contribution in [3.63, 3.8) is 0 Å². The number of nitrogen functional groups attached to an aromatic ring is 1. The zero-order valence-electron chi connectivity index (χ0n) is 13.3. The number of benzene rings is 2. The molecule has 0 fully saturated rings. The molecule has 5 N–H and O–H groups in total. The van der Waals surface area contributed by atoms with Gasteiger partial charge in [-0.3, -0.25) is 15.0 Å². The molecule has 0 heterocycles. The lowest BCUT2D eigenvalue weighted by atomic mass is 10.00. The first-order chi connectivity index (χ1) is 11.4. The molecule has 0 saturated carbocycles. The van der Waals surface area contributed by atoms with E-state index in [0.29, 0.717) is 28.8 Å². The van der Waals surface area contributed by atoms with Gasteiger partial charge in [-0.15, -0.1) is 0 Å². The molecule has 2 aromatic carbocycles. The van der Waals surface area contributed by atoms with E-state index in [-0.39, 0.29) is 18.2 Å². The average Bonchev–Trinajstić information content (AvgIpc) is 2.54. The van der Waals surface area contributed by atoms with Crippen LogP contribution in [0.5, 0.6) is 0 Å². The Kier molecular flexibility index (Phi) is 5.31. The quantitative estimate of drug-likeness (QED) is 0.482. The molecule has 0 aromatic heterocycles. The van der Waals surface area contributed by atoms with Gasteiger partial charge in [0.2, 0.25) is 0 Å². The maximum atomic E-state index is 12.5. The highest BCUT2D eigenvalue weighted by Crippen LogP contribution is 2.22. The van der Waals surface area contributed by atoms with Gasteiger partial charge in [0.1, 0.15) is 5.84 Å². The Balaban J connectivity index is 2.30. The smallest absolute Gasteiger partial charge is 0.307 e. The average molecular weight is 325 g/mol. The van der Waals surface area contributed by atoms with Crippen molar-refractivity contribution in [2.75, 3.05) is 5.32 Å². The van der Waals surface area contributed by atoms with E-state index in [9.17, 15) is 9.59 Å². The molecule has 6 nitrogen and oxygen atoms in total. The number of nitrogens with two attached hydrogens (primary N) is 1. The maximum Gasteiger partial charge on any atom is 0.307 e. The van der Waals surface area contributed by atoms with Crippen LogP contribution in [0.3, 0.4) is 0 Å². The predicted molar refractivity (Wildman–Crippen MR) is 92.6 cm³/mol. The Morgan fingerprint density at radius 1 is 1.17 bits per heavy atom. The minimum absolute atomic E-state index is 0.0906. The SMILES string of the molecule is CCc1c(CC(=O)O)cccc1NC(=O)c1cccc(C(=N)N)c1. The molecule has 0 radical (unpaired) electrons. The van der Waals surface area contributed by atoms with Crippen LogP contribution in [0.25, 0.3) is 0 Å². The van der Waals surface area contributed by atoms with E-state index in [1.807, 2.05) is 6.92 Å². The maximum absolute atomic E-state index is 12.5. The molecule has 0 aliphatic rings. The van der Waals surface area contributed by atoms with Gasteiger partial charge in [0.25, 0.3) is 5.91 Å². The molecule has 1 amide bonds. The molecule has 0 aliphatic heterocycles. The van der Waals surface area contributed by atoms with Gasteiger partial charge in [0, 0.05) is 16.8 Å². The molecule has 0 saturated heterocycles. The number of anilines is 1. The van der Waals surface area contributed by atoms with Crippen LogP contribution in [-0.2, 0) is 17.6 Å². The number of carbonyl (C=O) groups excluding carboxylic acids is 1. The van der Waals surface area contributed by atoms with Crippen LogP contribution in [0.15, 0.2) is 42.5 Å². The van der Waals surface area contributed by atoms with Crippen molar-refractivity contribution in [1.29, 1.82) is 5.41 Å². The normalized spacial score (nSPS) is 10.2. The number of carboxylic acid groups (broad SMARTS) is 1. The Bertz CT molecular complexity index is 800. The van der Waals surface area contributed by atoms with Gasteiger partial charge in [0.05, 0.1) is 6.42 Å². The van der Waals surface area contributed by atoms with Crippen LogP contribution in [-0.4, -0.2) is 22.8 Å². The zero-order valence-corrected chi connectivity index (χ0v) is 13.3. The van der Waals surface area contributed by atoms with E-state index in [4.69, 9.17) is 16.2 Å². The first kappa shape index (κ1) is 17.2. The fourth-order valence-corrected chi connectivity index (χ4v) is 2.52. The summed E-state index contributed by atoms with van der Waals surface area (Å²) in [7, 11) is 0. The summed E-state index contributed by atoms with van der Waals surface area (Å²) in [6.07, 6.45) is 0.513. The van der Waals surface area contributed by atoms with Crippen molar-refractivity contribution in [3.8, 4) is 0 Å². The van der Waals surface area contributed by atoms with Crippen molar-refractivity contribution >= 4 is 23.4 Å². The lowest BCUT2D eigenvalue weighted by Gasteiger charge is -2.14. The van der Waals surface area contributed by atoms with Crippen LogP contribution >= 0.6 is 0 Å². The molecule has 0 atom stereocenters. The Morgan fingerprint density at radius 2 is 1.83 bits per heavy atom. The third kappa shape index (κ3) is 3.98. The highest BCUT2D eigenvalue weighted by Gasteiger charge is 2.13. The van der Waals surface area contributed by atoms with Gasteiger partial charge < -0.3 is 16.2 Å². The van der Waals surface area contributed by atoms with Gasteiger partial charge >= 0.3 is 5.97 Å². The fourth-order valence-electron chi connectivity index (χ4n) is 2.52. The summed E-state index contributed by atoms with van der Waals surface area (Å²) in [5.74, 6) is -1.36. The zero-order chi connectivity index (χ0) is 17.7. The Hall–Kier alpha value is -3.15. The number of carboxylic acids is 1. The van der Waals surface area contributed by atoms with Gasteiger partial charge in [-0.2, -0.15) is 0 Å². The van der Waals surface area contributed by atoms with Crippen LogP contribution in [0.1, 0.15) is 34.0 Å². The molecule has 0 spiro atoms. The summed E-state index contributed by atoms with van der Waals surface area (Å²) >= 11 is 0.